The number of hydrogen-bond donors (Lipinski definition) is 1. The first kappa shape index (κ1) is 18.8. The number of aryl methyl sites for hydroxylation is 2. The summed E-state index contributed by atoms with van der Waals surface area (Å²) in [5.74, 6) is -2.41. The second-order valence-electron chi connectivity index (χ2n) is 6.90. The largest absolute Gasteiger partial charge is 0.348 e. The maximum absolute atomic E-state index is 12.3. The average molecular weight is 369 g/mol. The molecule has 7 nitrogen and oxygen atoms in total. The summed E-state index contributed by atoms with van der Waals surface area (Å²) in [4.78, 5) is 49.7. The zero-order valence-corrected chi connectivity index (χ0v) is 15.4. The normalized spacial score (nSPS) is 17.7. The number of benzene rings is 1. The number of carbonyl (C=O) groups is 4. The van der Waals surface area contributed by atoms with E-state index in [-0.39, 0.29) is 12.6 Å². The topological polar surface area (TPSA) is 86.8 Å². The molecule has 0 unspecified atom stereocenters. The summed E-state index contributed by atoms with van der Waals surface area (Å²) < 4.78 is 0. The van der Waals surface area contributed by atoms with Crippen LogP contribution < -0.4 is 5.32 Å². The summed E-state index contributed by atoms with van der Waals surface area (Å²) in [5, 5.41) is 2.80. The molecule has 0 radical (unpaired) electrons. The highest BCUT2D eigenvalue weighted by atomic mass is 16.2. The molecular weight excluding hydrogens is 346 g/mol. The van der Waals surface area contributed by atoms with Gasteiger partial charge in [0, 0.05) is 6.54 Å². The molecule has 7 heteroatoms. The summed E-state index contributed by atoms with van der Waals surface area (Å²) >= 11 is 0. The molecule has 1 aromatic rings. The van der Waals surface area contributed by atoms with E-state index in [9.17, 15) is 19.2 Å². The van der Waals surface area contributed by atoms with Gasteiger partial charge in [-0.1, -0.05) is 24.3 Å². The Morgan fingerprint density at radius 2 is 1.81 bits per heavy atom. The van der Waals surface area contributed by atoms with Gasteiger partial charge in [0.1, 0.15) is 6.54 Å². The van der Waals surface area contributed by atoms with Crippen LogP contribution in [0.5, 0.6) is 0 Å². The van der Waals surface area contributed by atoms with Gasteiger partial charge in [0.2, 0.25) is 5.91 Å². The van der Waals surface area contributed by atoms with Crippen molar-refractivity contribution in [1.82, 2.24) is 15.1 Å². The molecule has 0 saturated carbocycles. The van der Waals surface area contributed by atoms with Crippen LogP contribution in [-0.4, -0.2) is 46.6 Å². The van der Waals surface area contributed by atoms with E-state index in [2.05, 4.69) is 24.0 Å². The summed E-state index contributed by atoms with van der Waals surface area (Å²) in [5.41, 5.74) is 3.65. The molecule has 2 aliphatic rings. The van der Waals surface area contributed by atoms with Crippen LogP contribution in [0.15, 0.2) is 30.9 Å². The minimum absolute atomic E-state index is 0.0624. The Morgan fingerprint density at radius 1 is 1.15 bits per heavy atom. The second-order valence-corrected chi connectivity index (χ2v) is 6.90. The van der Waals surface area contributed by atoms with Crippen molar-refractivity contribution >= 4 is 23.8 Å². The molecule has 27 heavy (non-hydrogen) atoms. The number of amides is 5. The van der Waals surface area contributed by atoms with Crippen LogP contribution >= 0.6 is 0 Å². The third-order valence-corrected chi connectivity index (χ3v) is 5.00. The van der Waals surface area contributed by atoms with Crippen LogP contribution in [0.1, 0.15) is 42.5 Å². The highest BCUT2D eigenvalue weighted by molar-refractivity contribution is 6.45. The van der Waals surface area contributed by atoms with E-state index in [0.717, 1.165) is 23.3 Å². The number of urea groups is 1. The molecule has 0 spiro atoms. The Balaban J connectivity index is 1.63. The fourth-order valence-electron chi connectivity index (χ4n) is 3.52. The predicted molar refractivity (Wildman–Crippen MR) is 98.7 cm³/mol. The Labute approximate surface area is 158 Å². The van der Waals surface area contributed by atoms with Crippen LogP contribution in [0.25, 0.3) is 0 Å². The van der Waals surface area contributed by atoms with E-state index >= 15 is 0 Å². The van der Waals surface area contributed by atoms with Gasteiger partial charge in [-0.2, -0.15) is 0 Å². The predicted octanol–water partition coefficient (Wildman–Crippen LogP) is 1.72. The van der Waals surface area contributed by atoms with E-state index in [0.29, 0.717) is 4.90 Å². The van der Waals surface area contributed by atoms with Gasteiger partial charge in [-0.15, -0.1) is 6.58 Å². The third kappa shape index (κ3) is 3.77. The number of rotatable bonds is 6. The molecule has 1 atom stereocenters. The highest BCUT2D eigenvalue weighted by Gasteiger charge is 2.44. The zero-order valence-electron chi connectivity index (χ0n) is 15.4. The number of nitrogens with one attached hydrogen (secondary N) is 1. The number of imide groups is 2. The molecule has 1 heterocycles. The van der Waals surface area contributed by atoms with Gasteiger partial charge >= 0.3 is 17.8 Å². The molecule has 1 N–H and O–H groups in total. The number of carbonyl (C=O) groups excluding carboxylic acids is 4. The molecule has 0 aromatic heterocycles. The lowest BCUT2D eigenvalue weighted by molar-refractivity contribution is -0.143. The van der Waals surface area contributed by atoms with Crippen LogP contribution in [-0.2, 0) is 27.2 Å². The van der Waals surface area contributed by atoms with Gasteiger partial charge in [-0.05, 0) is 49.3 Å². The number of fused-ring (bicyclic) bond motifs is 1. The van der Waals surface area contributed by atoms with Crippen LogP contribution in [0.4, 0.5) is 4.79 Å². The quantitative estimate of drug-likeness (QED) is 0.470. The lowest BCUT2D eigenvalue weighted by Crippen LogP contribution is -2.42. The first-order valence-corrected chi connectivity index (χ1v) is 9.11. The van der Waals surface area contributed by atoms with Crippen LogP contribution in [0.2, 0.25) is 0 Å². The molecule has 1 aliphatic heterocycles. The minimum Gasteiger partial charge on any atom is -0.348 e. The standard InChI is InChI=1S/C20H23N3O4/c1-3-10-22-18(25)19(26)23(20(22)27)12-17(24)21-13(2)15-9-8-14-6-4-5-7-16(14)11-15/h3,8-9,11,13H,1,4-7,10,12H2,2H3,(H,21,24)/t13-/m1/s1. The Kier molecular flexibility index (Phi) is 5.39. The lowest BCUT2D eigenvalue weighted by Gasteiger charge is -2.21. The molecule has 1 aliphatic carbocycles. The number of hydrogen-bond acceptors (Lipinski definition) is 4. The van der Waals surface area contributed by atoms with Gasteiger partial charge in [0.15, 0.2) is 0 Å². The second kappa shape index (κ2) is 7.73. The van der Waals surface area contributed by atoms with Gasteiger partial charge in [-0.3, -0.25) is 19.3 Å². The van der Waals surface area contributed by atoms with Crippen molar-refractivity contribution in [2.45, 2.75) is 38.6 Å². The van der Waals surface area contributed by atoms with E-state index in [4.69, 9.17) is 0 Å². The highest BCUT2D eigenvalue weighted by Crippen LogP contribution is 2.24. The molecule has 1 saturated heterocycles. The van der Waals surface area contributed by atoms with Gasteiger partial charge in [0.25, 0.3) is 0 Å². The van der Waals surface area contributed by atoms with Crippen molar-refractivity contribution in [3.8, 4) is 0 Å². The van der Waals surface area contributed by atoms with Crippen molar-refractivity contribution in [2.75, 3.05) is 13.1 Å². The van der Waals surface area contributed by atoms with Crippen molar-refractivity contribution in [1.29, 1.82) is 0 Å². The van der Waals surface area contributed by atoms with Gasteiger partial charge in [-0.25, -0.2) is 9.69 Å². The molecule has 0 bridgehead atoms. The Bertz CT molecular complexity index is 817. The number of nitrogens with zero attached hydrogens (tertiary/aromatic N) is 2. The average Bonchev–Trinajstić information content (AvgIpc) is 2.86. The molecule has 1 aromatic carbocycles. The monoisotopic (exact) mass is 369 g/mol. The maximum Gasteiger partial charge on any atom is 0.335 e. The van der Waals surface area contributed by atoms with Crippen molar-refractivity contribution in [3.63, 3.8) is 0 Å². The summed E-state index contributed by atoms with van der Waals surface area (Å²) in [7, 11) is 0. The molecule has 5 amide bonds. The molecule has 142 valence electrons. The Hall–Kier alpha value is -2.96. The fourth-order valence-corrected chi connectivity index (χ4v) is 3.52. The van der Waals surface area contributed by atoms with E-state index in [1.54, 1.807) is 0 Å². The first-order chi connectivity index (χ1) is 12.9. The fraction of sp³-hybridized carbons (Fsp3) is 0.400. The summed E-state index contributed by atoms with van der Waals surface area (Å²) in [6, 6.07) is 5.16. The van der Waals surface area contributed by atoms with Gasteiger partial charge < -0.3 is 5.32 Å². The minimum atomic E-state index is -0.988. The Morgan fingerprint density at radius 3 is 2.52 bits per heavy atom. The smallest absolute Gasteiger partial charge is 0.335 e. The third-order valence-electron chi connectivity index (χ3n) is 5.00. The summed E-state index contributed by atoms with van der Waals surface area (Å²) in [6.07, 6.45) is 5.86. The van der Waals surface area contributed by atoms with Crippen molar-refractivity contribution in [3.05, 3.63) is 47.5 Å². The van der Waals surface area contributed by atoms with Crippen molar-refractivity contribution in [2.24, 2.45) is 0 Å². The van der Waals surface area contributed by atoms with E-state index in [1.165, 1.54) is 30.0 Å². The van der Waals surface area contributed by atoms with E-state index in [1.807, 2.05) is 13.0 Å². The zero-order chi connectivity index (χ0) is 19.6. The SMILES string of the molecule is C=CCN1C(=O)C(=O)N(CC(=O)N[C@H](C)c2ccc3c(c2)CCCC3)C1=O. The molecule has 3 rings (SSSR count). The molecule has 1 fully saturated rings. The van der Waals surface area contributed by atoms with Crippen LogP contribution in [0, 0.1) is 0 Å². The lowest BCUT2D eigenvalue weighted by atomic mass is 9.89. The van der Waals surface area contributed by atoms with Gasteiger partial charge in [0.05, 0.1) is 6.04 Å². The van der Waals surface area contributed by atoms with Crippen LogP contribution in [0.3, 0.4) is 0 Å². The van der Waals surface area contributed by atoms with Crippen molar-refractivity contribution < 1.29 is 19.2 Å². The molecular formula is C20H23N3O4. The summed E-state index contributed by atoms with van der Waals surface area (Å²) in [6.45, 7) is 4.76. The van der Waals surface area contributed by atoms with E-state index < -0.39 is 30.3 Å². The maximum atomic E-state index is 12.3. The first-order valence-electron chi connectivity index (χ1n) is 9.11.